The van der Waals surface area contributed by atoms with Gasteiger partial charge in [-0.3, -0.25) is 9.78 Å². The third-order valence-corrected chi connectivity index (χ3v) is 3.51. The molecule has 1 aromatic carbocycles. The Morgan fingerprint density at radius 1 is 1.23 bits per heavy atom. The molecule has 0 bridgehead atoms. The largest absolute Gasteiger partial charge is 0.397 e. The molecule has 118 valence electrons. The van der Waals surface area contributed by atoms with E-state index in [0.29, 0.717) is 12.2 Å². The molecule has 0 saturated carbocycles. The van der Waals surface area contributed by atoms with Crippen LogP contribution in [0, 0.1) is 0 Å². The zero-order chi connectivity index (χ0) is 15.9. The van der Waals surface area contributed by atoms with Crippen LogP contribution < -0.4 is 11.1 Å². The molecule has 0 aliphatic heterocycles. The fourth-order valence-corrected chi connectivity index (χ4v) is 2.32. The van der Waals surface area contributed by atoms with Crippen LogP contribution in [0.5, 0.6) is 0 Å². The summed E-state index contributed by atoms with van der Waals surface area (Å²) < 4.78 is 0. The molecule has 0 saturated heterocycles. The van der Waals surface area contributed by atoms with Crippen molar-refractivity contribution in [3.05, 3.63) is 36.0 Å². The zero-order valence-electron chi connectivity index (χ0n) is 13.3. The van der Waals surface area contributed by atoms with Gasteiger partial charge in [0.05, 0.1) is 23.3 Å². The van der Waals surface area contributed by atoms with Crippen LogP contribution in [0.2, 0.25) is 0 Å². The molecule has 1 heterocycles. The number of nitrogen functional groups attached to an aromatic ring is 1. The van der Waals surface area contributed by atoms with E-state index < -0.39 is 0 Å². The van der Waals surface area contributed by atoms with E-state index in [9.17, 15) is 4.79 Å². The van der Waals surface area contributed by atoms with Crippen molar-refractivity contribution < 1.29 is 4.79 Å². The summed E-state index contributed by atoms with van der Waals surface area (Å²) in [6.45, 7) is 1.75. The van der Waals surface area contributed by atoms with Gasteiger partial charge in [-0.25, -0.2) is 0 Å². The Bertz CT molecular complexity index is 640. The molecule has 5 heteroatoms. The summed E-state index contributed by atoms with van der Waals surface area (Å²) in [7, 11) is 4.10. The Balaban J connectivity index is 1.85. The Labute approximate surface area is 131 Å². The normalized spacial score (nSPS) is 11.0. The number of para-hydroxylation sites is 1. The molecule has 2 aromatic rings. The molecule has 0 aliphatic rings. The summed E-state index contributed by atoms with van der Waals surface area (Å²) in [5.74, 6) is 0.00575. The van der Waals surface area contributed by atoms with Crippen LogP contribution in [-0.2, 0) is 11.2 Å². The van der Waals surface area contributed by atoms with Gasteiger partial charge in [0.2, 0.25) is 5.91 Å². The monoisotopic (exact) mass is 300 g/mol. The number of carbonyl (C=O) groups is 1. The van der Waals surface area contributed by atoms with Crippen molar-refractivity contribution >= 4 is 22.5 Å². The zero-order valence-corrected chi connectivity index (χ0v) is 13.3. The van der Waals surface area contributed by atoms with Gasteiger partial charge in [0.1, 0.15) is 0 Å². The number of unbranched alkanes of at least 4 members (excludes halogenated alkanes) is 1. The molecule has 0 radical (unpaired) electrons. The summed E-state index contributed by atoms with van der Waals surface area (Å²) >= 11 is 0. The summed E-state index contributed by atoms with van der Waals surface area (Å²) in [4.78, 5) is 18.6. The van der Waals surface area contributed by atoms with Crippen LogP contribution in [0.4, 0.5) is 5.69 Å². The van der Waals surface area contributed by atoms with Crippen molar-refractivity contribution in [2.75, 3.05) is 32.9 Å². The van der Waals surface area contributed by atoms with Crippen molar-refractivity contribution in [2.45, 2.75) is 19.3 Å². The van der Waals surface area contributed by atoms with Gasteiger partial charge in [-0.2, -0.15) is 0 Å². The maximum Gasteiger partial charge on any atom is 0.226 e. The molecule has 3 N–H and O–H groups in total. The van der Waals surface area contributed by atoms with Crippen LogP contribution in [0.3, 0.4) is 0 Å². The molecule has 1 amide bonds. The average Bonchev–Trinajstić information content (AvgIpc) is 2.47. The van der Waals surface area contributed by atoms with Gasteiger partial charge in [-0.1, -0.05) is 18.2 Å². The topological polar surface area (TPSA) is 71.2 Å². The van der Waals surface area contributed by atoms with Gasteiger partial charge in [-0.15, -0.1) is 0 Å². The van der Waals surface area contributed by atoms with Crippen LogP contribution in [-0.4, -0.2) is 43.0 Å². The number of hydrogen-bond acceptors (Lipinski definition) is 4. The lowest BCUT2D eigenvalue weighted by molar-refractivity contribution is -0.120. The quantitative estimate of drug-likeness (QED) is 0.604. The highest BCUT2D eigenvalue weighted by atomic mass is 16.1. The third kappa shape index (κ3) is 4.70. The van der Waals surface area contributed by atoms with E-state index in [2.05, 4.69) is 29.3 Å². The summed E-state index contributed by atoms with van der Waals surface area (Å²) in [5, 5.41) is 3.93. The Hall–Kier alpha value is -2.14. The Morgan fingerprint density at radius 2 is 2.05 bits per heavy atom. The van der Waals surface area contributed by atoms with Crippen molar-refractivity contribution in [1.82, 2.24) is 15.2 Å². The van der Waals surface area contributed by atoms with Crippen LogP contribution in [0.15, 0.2) is 30.3 Å². The lowest BCUT2D eigenvalue weighted by Gasteiger charge is -2.09. The maximum atomic E-state index is 11.9. The number of benzene rings is 1. The van der Waals surface area contributed by atoms with Crippen LogP contribution >= 0.6 is 0 Å². The first-order valence-corrected chi connectivity index (χ1v) is 7.62. The number of hydrogen-bond donors (Lipinski definition) is 2. The van der Waals surface area contributed by atoms with E-state index in [1.807, 2.05) is 30.3 Å². The fraction of sp³-hybridized carbons (Fsp3) is 0.412. The van der Waals surface area contributed by atoms with Gasteiger partial charge >= 0.3 is 0 Å². The van der Waals surface area contributed by atoms with E-state index in [-0.39, 0.29) is 12.3 Å². The van der Waals surface area contributed by atoms with E-state index in [0.717, 1.165) is 36.0 Å². The van der Waals surface area contributed by atoms with Gasteiger partial charge in [0, 0.05) is 11.9 Å². The minimum absolute atomic E-state index is 0.00575. The predicted octanol–water partition coefficient (Wildman–Crippen LogP) is 1.82. The molecule has 5 nitrogen and oxygen atoms in total. The summed E-state index contributed by atoms with van der Waals surface area (Å²) in [5.41, 5.74) is 8.08. The number of fused-ring (bicyclic) bond motifs is 1. The molecule has 0 unspecified atom stereocenters. The number of aromatic nitrogens is 1. The van der Waals surface area contributed by atoms with Crippen molar-refractivity contribution in [3.63, 3.8) is 0 Å². The molecule has 0 atom stereocenters. The van der Waals surface area contributed by atoms with Crippen molar-refractivity contribution in [2.24, 2.45) is 0 Å². The lowest BCUT2D eigenvalue weighted by Crippen LogP contribution is -2.27. The SMILES string of the molecule is CN(C)CCCCNC(=O)Cc1ccc2cccc(N)c2n1. The maximum absolute atomic E-state index is 11.9. The first kappa shape index (κ1) is 16.2. The highest BCUT2D eigenvalue weighted by molar-refractivity contribution is 5.89. The molecule has 22 heavy (non-hydrogen) atoms. The van der Waals surface area contributed by atoms with Crippen LogP contribution in [0.1, 0.15) is 18.5 Å². The van der Waals surface area contributed by atoms with Gasteiger partial charge < -0.3 is 16.0 Å². The number of nitrogens with one attached hydrogen (secondary N) is 1. The van der Waals surface area contributed by atoms with Crippen molar-refractivity contribution in [1.29, 1.82) is 0 Å². The molecule has 1 aromatic heterocycles. The summed E-state index contributed by atoms with van der Waals surface area (Å²) in [6, 6.07) is 9.53. The van der Waals surface area contributed by atoms with Gasteiger partial charge in [0.25, 0.3) is 0 Å². The van der Waals surface area contributed by atoms with E-state index in [1.165, 1.54) is 0 Å². The predicted molar refractivity (Wildman–Crippen MR) is 90.7 cm³/mol. The van der Waals surface area contributed by atoms with E-state index >= 15 is 0 Å². The molecule has 0 spiro atoms. The number of rotatable bonds is 7. The minimum atomic E-state index is 0.00575. The number of anilines is 1. The number of nitrogens with two attached hydrogens (primary N) is 1. The Morgan fingerprint density at radius 3 is 2.82 bits per heavy atom. The molecule has 2 rings (SSSR count). The highest BCUT2D eigenvalue weighted by Crippen LogP contribution is 2.18. The number of carbonyl (C=O) groups excluding carboxylic acids is 1. The Kier molecular flexibility index (Phi) is 5.72. The van der Waals surface area contributed by atoms with Crippen molar-refractivity contribution in [3.8, 4) is 0 Å². The minimum Gasteiger partial charge on any atom is -0.397 e. The second-order valence-electron chi connectivity index (χ2n) is 5.76. The van der Waals surface area contributed by atoms with E-state index in [1.54, 1.807) is 0 Å². The average molecular weight is 300 g/mol. The molecular weight excluding hydrogens is 276 g/mol. The molecule has 0 fully saturated rings. The first-order valence-electron chi connectivity index (χ1n) is 7.62. The van der Waals surface area contributed by atoms with Gasteiger partial charge in [-0.05, 0) is 45.6 Å². The third-order valence-electron chi connectivity index (χ3n) is 3.51. The highest BCUT2D eigenvalue weighted by Gasteiger charge is 2.06. The molecular formula is C17H24N4O. The molecule has 0 aliphatic carbocycles. The fourth-order valence-electron chi connectivity index (χ4n) is 2.32. The smallest absolute Gasteiger partial charge is 0.226 e. The standard InChI is InChI=1S/C17H24N4O/c1-21(2)11-4-3-10-19-16(22)12-14-9-8-13-6-5-7-15(18)17(13)20-14/h5-9H,3-4,10-12,18H2,1-2H3,(H,19,22). The van der Waals surface area contributed by atoms with Gasteiger partial charge in [0.15, 0.2) is 0 Å². The second-order valence-corrected chi connectivity index (χ2v) is 5.76. The van der Waals surface area contributed by atoms with Crippen LogP contribution in [0.25, 0.3) is 10.9 Å². The number of nitrogens with zero attached hydrogens (tertiary/aromatic N) is 2. The first-order chi connectivity index (χ1) is 10.6. The lowest BCUT2D eigenvalue weighted by atomic mass is 10.1. The number of amides is 1. The summed E-state index contributed by atoms with van der Waals surface area (Å²) in [6.07, 6.45) is 2.36. The van der Waals surface area contributed by atoms with E-state index in [4.69, 9.17) is 5.73 Å². The second kappa shape index (κ2) is 7.75. The number of pyridine rings is 1.